The largest absolute Gasteiger partial charge is 0.369 e. The Morgan fingerprint density at radius 2 is 1.58 bits per heavy atom. The van der Waals surface area contributed by atoms with Crippen molar-refractivity contribution in [2.45, 2.75) is 27.7 Å². The van der Waals surface area contributed by atoms with Gasteiger partial charge in [0.2, 0.25) is 5.96 Å². The maximum absolute atomic E-state index is 12.7. The van der Waals surface area contributed by atoms with Crippen molar-refractivity contribution < 1.29 is 4.79 Å². The van der Waals surface area contributed by atoms with E-state index < -0.39 is 0 Å². The second-order valence-corrected chi connectivity index (χ2v) is 7.73. The van der Waals surface area contributed by atoms with Crippen molar-refractivity contribution >= 4 is 45.5 Å². The molecule has 8 nitrogen and oxygen atoms in total. The number of guanidine groups is 1. The summed E-state index contributed by atoms with van der Waals surface area (Å²) in [7, 11) is 0. The number of nitrogens with zero attached hydrogens (tertiary/aromatic N) is 3. The molecule has 1 heterocycles. The quantitative estimate of drug-likeness (QED) is 0.103. The number of allylic oxidation sites excluding steroid dienone is 1. The summed E-state index contributed by atoms with van der Waals surface area (Å²) < 4.78 is 0. The molecule has 8 heteroatoms. The van der Waals surface area contributed by atoms with Crippen LogP contribution in [0.25, 0.3) is 10.9 Å². The number of para-hydroxylation sites is 1. The molecule has 0 saturated carbocycles. The first kappa shape index (κ1) is 29.3. The van der Waals surface area contributed by atoms with Crippen LogP contribution in [-0.2, 0) is 0 Å². The van der Waals surface area contributed by atoms with Crippen LogP contribution in [0.5, 0.6) is 0 Å². The normalized spacial score (nSPS) is 10.2. The van der Waals surface area contributed by atoms with Crippen LogP contribution in [0.15, 0.2) is 108 Å². The molecule has 6 N–H and O–H groups in total. The number of rotatable bonds is 6. The molecule has 0 bridgehead atoms. The Morgan fingerprint density at radius 3 is 2.26 bits per heavy atom. The van der Waals surface area contributed by atoms with E-state index in [-0.39, 0.29) is 11.9 Å². The van der Waals surface area contributed by atoms with Gasteiger partial charge in [-0.3, -0.25) is 9.78 Å². The SMILES string of the molecule is C/C(=N\N=C(N)N)c1cccc(NC(=O)c2ccc(Nc3ccnc4ccccc34)cc2)c1.C=CC.CC. The molecule has 0 aliphatic rings. The van der Waals surface area contributed by atoms with Crippen molar-refractivity contribution in [1.82, 2.24) is 4.98 Å². The number of fused-ring (bicyclic) bond motifs is 1. The van der Waals surface area contributed by atoms with E-state index in [0.717, 1.165) is 27.8 Å². The first-order valence-corrected chi connectivity index (χ1v) is 12.2. The fraction of sp³-hybridized carbons (Fsp3) is 0.133. The summed E-state index contributed by atoms with van der Waals surface area (Å²) in [6.45, 7) is 11.0. The van der Waals surface area contributed by atoms with Gasteiger partial charge < -0.3 is 22.1 Å². The van der Waals surface area contributed by atoms with Gasteiger partial charge in [0.05, 0.1) is 11.2 Å². The lowest BCUT2D eigenvalue weighted by molar-refractivity contribution is 0.102. The fourth-order valence-corrected chi connectivity index (χ4v) is 3.28. The monoisotopic (exact) mass is 509 g/mol. The van der Waals surface area contributed by atoms with Gasteiger partial charge in [0.15, 0.2) is 0 Å². The summed E-state index contributed by atoms with van der Waals surface area (Å²) >= 11 is 0. The molecule has 0 unspecified atom stereocenters. The Labute approximate surface area is 224 Å². The summed E-state index contributed by atoms with van der Waals surface area (Å²) in [5.74, 6) is -0.333. The van der Waals surface area contributed by atoms with Crippen LogP contribution in [-0.4, -0.2) is 22.6 Å². The maximum Gasteiger partial charge on any atom is 0.255 e. The van der Waals surface area contributed by atoms with E-state index in [4.69, 9.17) is 11.5 Å². The van der Waals surface area contributed by atoms with Crippen LogP contribution in [0.3, 0.4) is 0 Å². The van der Waals surface area contributed by atoms with E-state index in [2.05, 4.69) is 32.4 Å². The first-order valence-electron chi connectivity index (χ1n) is 12.2. The minimum Gasteiger partial charge on any atom is -0.369 e. The predicted molar refractivity (Wildman–Crippen MR) is 161 cm³/mol. The van der Waals surface area contributed by atoms with Gasteiger partial charge in [-0.15, -0.1) is 11.7 Å². The van der Waals surface area contributed by atoms with Gasteiger partial charge in [-0.2, -0.15) is 5.10 Å². The van der Waals surface area contributed by atoms with E-state index in [9.17, 15) is 4.79 Å². The third-order valence-electron chi connectivity index (χ3n) is 4.93. The number of aromatic nitrogens is 1. The van der Waals surface area contributed by atoms with Gasteiger partial charge in [-0.05, 0) is 67.9 Å². The Bertz CT molecular complexity index is 1400. The highest BCUT2D eigenvalue weighted by Crippen LogP contribution is 2.25. The summed E-state index contributed by atoms with van der Waals surface area (Å²) in [4.78, 5) is 17.1. The first-order chi connectivity index (χ1) is 18.4. The summed E-state index contributed by atoms with van der Waals surface area (Å²) in [5, 5.41) is 14.9. The molecule has 0 atom stereocenters. The molecule has 0 aliphatic heterocycles. The molecule has 4 aromatic rings. The highest BCUT2D eigenvalue weighted by atomic mass is 16.1. The van der Waals surface area contributed by atoms with Crippen LogP contribution in [0.2, 0.25) is 0 Å². The van der Waals surface area contributed by atoms with Crippen molar-refractivity contribution in [3.05, 3.63) is 109 Å². The number of nitrogens with two attached hydrogens (primary N) is 2. The zero-order valence-electron chi connectivity index (χ0n) is 22.3. The molecule has 0 saturated heterocycles. The van der Waals surface area contributed by atoms with Gasteiger partial charge in [0, 0.05) is 34.2 Å². The van der Waals surface area contributed by atoms with E-state index in [1.807, 2.05) is 81.4 Å². The predicted octanol–water partition coefficient (Wildman–Crippen LogP) is 6.45. The third kappa shape index (κ3) is 8.60. The number of amides is 1. The van der Waals surface area contributed by atoms with Crippen molar-refractivity contribution in [1.29, 1.82) is 0 Å². The van der Waals surface area contributed by atoms with E-state index in [1.165, 1.54) is 0 Å². The number of hydrogen-bond donors (Lipinski definition) is 4. The molecule has 38 heavy (non-hydrogen) atoms. The topological polar surface area (TPSA) is 131 Å². The molecule has 0 spiro atoms. The smallest absolute Gasteiger partial charge is 0.255 e. The Hall–Kier alpha value is -4.98. The van der Waals surface area contributed by atoms with Crippen LogP contribution in [0, 0.1) is 0 Å². The average molecular weight is 510 g/mol. The molecule has 1 aromatic heterocycles. The van der Waals surface area contributed by atoms with Crippen molar-refractivity contribution in [3.63, 3.8) is 0 Å². The highest BCUT2D eigenvalue weighted by molar-refractivity contribution is 6.06. The number of carbonyl (C=O) groups is 1. The molecule has 196 valence electrons. The number of pyridine rings is 1. The molecular weight excluding hydrogens is 474 g/mol. The van der Waals surface area contributed by atoms with Gasteiger partial charge >= 0.3 is 0 Å². The summed E-state index contributed by atoms with van der Waals surface area (Å²) in [6.07, 6.45) is 3.52. The second-order valence-electron chi connectivity index (χ2n) is 7.73. The lowest BCUT2D eigenvalue weighted by Crippen LogP contribution is -2.22. The molecule has 0 fully saturated rings. The minimum atomic E-state index is -0.216. The van der Waals surface area contributed by atoms with E-state index in [0.29, 0.717) is 17.0 Å². The number of benzene rings is 3. The molecule has 3 aromatic carbocycles. The van der Waals surface area contributed by atoms with Gasteiger partial charge in [0.1, 0.15) is 0 Å². The average Bonchev–Trinajstić information content (AvgIpc) is 2.94. The Balaban J connectivity index is 0.000000947. The van der Waals surface area contributed by atoms with Gasteiger partial charge in [0.25, 0.3) is 5.91 Å². The van der Waals surface area contributed by atoms with Crippen molar-refractivity contribution in [3.8, 4) is 0 Å². The zero-order chi connectivity index (χ0) is 27.9. The molecule has 4 rings (SSSR count). The van der Waals surface area contributed by atoms with Crippen LogP contribution in [0.4, 0.5) is 17.1 Å². The molecule has 1 amide bonds. The lowest BCUT2D eigenvalue weighted by Gasteiger charge is -2.11. The third-order valence-corrected chi connectivity index (χ3v) is 4.93. The van der Waals surface area contributed by atoms with Crippen LogP contribution < -0.4 is 22.1 Å². The molecule has 0 aliphatic carbocycles. The standard InChI is InChI=1S/C25H23N7O.C3H6.C2H6/c1-16(31-32-25(26)27)18-5-4-6-20(15-18)30-24(33)17-9-11-19(12-10-17)29-23-13-14-28-22-8-3-2-7-21(22)23;1-3-2;1-2/h2-15H,1H3,(H,28,29)(H,30,33)(H4,26,27,32);3H,1H2,2H3;1-2H3/b31-16+;;. The number of hydrogen-bond acceptors (Lipinski definition) is 5. The van der Waals surface area contributed by atoms with Crippen LogP contribution >= 0.6 is 0 Å². The summed E-state index contributed by atoms with van der Waals surface area (Å²) in [6, 6.07) is 24.4. The molecular formula is C30H35N7O. The van der Waals surface area contributed by atoms with Crippen LogP contribution in [0.1, 0.15) is 43.6 Å². The zero-order valence-corrected chi connectivity index (χ0v) is 22.3. The number of anilines is 3. The fourth-order valence-electron chi connectivity index (χ4n) is 3.28. The van der Waals surface area contributed by atoms with E-state index >= 15 is 0 Å². The minimum absolute atomic E-state index is 0.117. The van der Waals surface area contributed by atoms with Crippen molar-refractivity contribution in [2.75, 3.05) is 10.6 Å². The Morgan fingerprint density at radius 1 is 0.895 bits per heavy atom. The maximum atomic E-state index is 12.7. The molecule has 0 radical (unpaired) electrons. The summed E-state index contributed by atoms with van der Waals surface area (Å²) in [5.41, 5.74) is 16.0. The van der Waals surface area contributed by atoms with E-state index in [1.54, 1.807) is 37.4 Å². The van der Waals surface area contributed by atoms with Crippen molar-refractivity contribution in [2.24, 2.45) is 21.7 Å². The van der Waals surface area contributed by atoms with Gasteiger partial charge in [-0.1, -0.05) is 50.3 Å². The number of nitrogens with one attached hydrogen (secondary N) is 2. The Kier molecular flexibility index (Phi) is 11.7. The van der Waals surface area contributed by atoms with Gasteiger partial charge in [-0.25, -0.2) is 0 Å². The second kappa shape index (κ2) is 15.2. The number of carbonyl (C=O) groups excluding carboxylic acids is 1. The highest BCUT2D eigenvalue weighted by Gasteiger charge is 2.08. The lowest BCUT2D eigenvalue weighted by atomic mass is 10.1.